The molecule has 2 aromatic rings. The smallest absolute Gasteiger partial charge is 0.224 e. The fourth-order valence-electron chi connectivity index (χ4n) is 1.53. The molecule has 0 saturated heterocycles. The number of hydrogen-bond acceptors (Lipinski definition) is 4. The minimum absolute atomic E-state index is 0.0243. The summed E-state index contributed by atoms with van der Waals surface area (Å²) in [4.78, 5) is 15.7. The van der Waals surface area contributed by atoms with Crippen LogP contribution >= 0.6 is 27.3 Å². The van der Waals surface area contributed by atoms with E-state index in [1.54, 1.807) is 0 Å². The van der Waals surface area contributed by atoms with Crippen LogP contribution in [0.2, 0.25) is 0 Å². The molecule has 0 aliphatic rings. The van der Waals surface area contributed by atoms with Crippen molar-refractivity contribution in [1.82, 2.24) is 4.98 Å². The normalized spacial score (nSPS) is 10.7. The molecular weight excluding hydrogens is 302 g/mol. The van der Waals surface area contributed by atoms with Crippen molar-refractivity contribution >= 4 is 54.2 Å². The Morgan fingerprint density at radius 1 is 1.59 bits per heavy atom. The number of nitrogen functional groups attached to an aromatic ring is 1. The molecule has 0 fully saturated rings. The third-order valence-electron chi connectivity index (χ3n) is 2.23. The summed E-state index contributed by atoms with van der Waals surface area (Å²) in [5.41, 5.74) is 7.26. The van der Waals surface area contributed by atoms with Crippen LogP contribution in [0.4, 0.5) is 10.8 Å². The number of nitrogens with zero attached hydrogens (tertiary/aromatic N) is 1. The number of carbonyl (C=O) groups excluding carboxylic acids is 1. The second-order valence-electron chi connectivity index (χ2n) is 3.66. The number of carbonyl (C=O) groups is 1. The fraction of sp³-hybridized carbons (Fsp3) is 0.273. The second kappa shape index (κ2) is 5.01. The number of nitrogens with one attached hydrogen (secondary N) is 1. The Labute approximate surface area is 111 Å². The Bertz CT molecular complexity index is 567. The van der Waals surface area contributed by atoms with Crippen LogP contribution in [-0.4, -0.2) is 10.9 Å². The van der Waals surface area contributed by atoms with Gasteiger partial charge in [-0.1, -0.05) is 18.3 Å². The summed E-state index contributed by atoms with van der Waals surface area (Å²) in [6, 6.07) is 3.73. The van der Waals surface area contributed by atoms with E-state index in [1.807, 2.05) is 19.1 Å². The molecule has 0 radical (unpaired) electrons. The van der Waals surface area contributed by atoms with Crippen molar-refractivity contribution in [3.8, 4) is 0 Å². The highest BCUT2D eigenvalue weighted by Crippen LogP contribution is 2.32. The molecule has 0 aliphatic heterocycles. The number of rotatable bonds is 3. The summed E-state index contributed by atoms with van der Waals surface area (Å²) in [7, 11) is 0. The maximum absolute atomic E-state index is 11.5. The Morgan fingerprint density at radius 3 is 3.06 bits per heavy atom. The highest BCUT2D eigenvalue weighted by molar-refractivity contribution is 9.10. The van der Waals surface area contributed by atoms with E-state index in [0.29, 0.717) is 11.6 Å². The summed E-state index contributed by atoms with van der Waals surface area (Å²) in [5, 5.41) is 3.38. The van der Waals surface area contributed by atoms with E-state index in [2.05, 4.69) is 26.2 Å². The molecule has 4 nitrogen and oxygen atoms in total. The van der Waals surface area contributed by atoms with E-state index in [4.69, 9.17) is 5.73 Å². The number of hydrogen-bond donors (Lipinski definition) is 2. The van der Waals surface area contributed by atoms with Gasteiger partial charge in [0.05, 0.1) is 10.2 Å². The average molecular weight is 314 g/mol. The number of fused-ring (bicyclic) bond motifs is 1. The van der Waals surface area contributed by atoms with E-state index < -0.39 is 0 Å². The van der Waals surface area contributed by atoms with Crippen molar-refractivity contribution in [1.29, 1.82) is 0 Å². The first-order valence-electron chi connectivity index (χ1n) is 5.25. The van der Waals surface area contributed by atoms with Gasteiger partial charge in [-0.3, -0.25) is 4.79 Å². The molecule has 0 saturated carbocycles. The van der Waals surface area contributed by atoms with Crippen molar-refractivity contribution < 1.29 is 4.79 Å². The van der Waals surface area contributed by atoms with E-state index in [0.717, 1.165) is 26.8 Å². The van der Waals surface area contributed by atoms with Crippen LogP contribution in [0.25, 0.3) is 10.2 Å². The van der Waals surface area contributed by atoms with E-state index in [-0.39, 0.29) is 5.91 Å². The zero-order valence-corrected chi connectivity index (χ0v) is 11.7. The van der Waals surface area contributed by atoms with Crippen LogP contribution in [-0.2, 0) is 4.79 Å². The highest BCUT2D eigenvalue weighted by atomic mass is 79.9. The van der Waals surface area contributed by atoms with E-state index >= 15 is 0 Å². The maximum atomic E-state index is 11.5. The molecule has 1 amide bonds. The first kappa shape index (κ1) is 12.3. The minimum Gasteiger partial charge on any atom is -0.375 e. The van der Waals surface area contributed by atoms with Gasteiger partial charge in [-0.15, -0.1) is 0 Å². The molecule has 0 atom stereocenters. The Kier molecular flexibility index (Phi) is 3.63. The van der Waals surface area contributed by atoms with Crippen molar-refractivity contribution in [3.63, 3.8) is 0 Å². The second-order valence-corrected chi connectivity index (χ2v) is 5.57. The molecule has 90 valence electrons. The van der Waals surface area contributed by atoms with Crippen LogP contribution in [0.3, 0.4) is 0 Å². The van der Waals surface area contributed by atoms with Crippen LogP contribution in [0, 0.1) is 0 Å². The molecule has 0 bridgehead atoms. The lowest BCUT2D eigenvalue weighted by Crippen LogP contribution is -2.10. The third-order valence-corrected chi connectivity index (χ3v) is 3.66. The van der Waals surface area contributed by atoms with Crippen molar-refractivity contribution in [2.45, 2.75) is 19.8 Å². The predicted molar refractivity (Wildman–Crippen MR) is 75.3 cm³/mol. The summed E-state index contributed by atoms with van der Waals surface area (Å²) in [5.74, 6) is 0.0243. The first-order chi connectivity index (χ1) is 8.10. The topological polar surface area (TPSA) is 68.0 Å². The molecule has 1 aromatic heterocycles. The monoisotopic (exact) mass is 313 g/mol. The first-order valence-corrected chi connectivity index (χ1v) is 6.86. The van der Waals surface area contributed by atoms with Gasteiger partial charge in [0, 0.05) is 16.6 Å². The van der Waals surface area contributed by atoms with Gasteiger partial charge in [0.15, 0.2) is 5.13 Å². The van der Waals surface area contributed by atoms with E-state index in [1.165, 1.54) is 11.3 Å². The SMILES string of the molecule is CCCC(=O)Nc1cc(Br)c2nc(N)sc2c1. The number of benzene rings is 1. The Hall–Kier alpha value is -1.14. The summed E-state index contributed by atoms with van der Waals surface area (Å²) in [6.45, 7) is 1.97. The van der Waals surface area contributed by atoms with Gasteiger partial charge in [0.25, 0.3) is 0 Å². The van der Waals surface area contributed by atoms with E-state index in [9.17, 15) is 4.79 Å². The lowest BCUT2D eigenvalue weighted by atomic mass is 10.2. The van der Waals surface area contributed by atoms with Gasteiger partial charge >= 0.3 is 0 Å². The number of aromatic nitrogens is 1. The van der Waals surface area contributed by atoms with Crippen molar-refractivity contribution in [2.75, 3.05) is 11.1 Å². The molecule has 0 spiro atoms. The van der Waals surface area contributed by atoms with Gasteiger partial charge in [-0.25, -0.2) is 4.98 Å². The summed E-state index contributed by atoms with van der Waals surface area (Å²) in [6.07, 6.45) is 1.36. The molecule has 0 aliphatic carbocycles. The Balaban J connectivity index is 2.33. The number of anilines is 2. The van der Waals surface area contributed by atoms with Crippen LogP contribution < -0.4 is 11.1 Å². The molecule has 3 N–H and O–H groups in total. The molecule has 17 heavy (non-hydrogen) atoms. The maximum Gasteiger partial charge on any atom is 0.224 e. The number of nitrogens with two attached hydrogens (primary N) is 1. The number of halogens is 1. The quantitative estimate of drug-likeness (QED) is 0.912. The molecule has 1 aromatic carbocycles. The predicted octanol–water partition coefficient (Wildman–Crippen LogP) is 3.38. The van der Waals surface area contributed by atoms with Gasteiger partial charge in [0.2, 0.25) is 5.91 Å². The van der Waals surface area contributed by atoms with Crippen LogP contribution in [0.1, 0.15) is 19.8 Å². The highest BCUT2D eigenvalue weighted by Gasteiger charge is 2.08. The van der Waals surface area contributed by atoms with Crippen LogP contribution in [0.5, 0.6) is 0 Å². The molecule has 2 rings (SSSR count). The van der Waals surface area contributed by atoms with Crippen molar-refractivity contribution in [2.24, 2.45) is 0 Å². The third kappa shape index (κ3) is 2.76. The zero-order chi connectivity index (χ0) is 12.4. The van der Waals surface area contributed by atoms with Gasteiger partial charge in [-0.2, -0.15) is 0 Å². The van der Waals surface area contributed by atoms with Gasteiger partial charge in [-0.05, 0) is 34.5 Å². The lowest BCUT2D eigenvalue weighted by molar-refractivity contribution is -0.116. The number of amides is 1. The Morgan fingerprint density at radius 2 is 2.35 bits per heavy atom. The minimum atomic E-state index is 0.0243. The largest absolute Gasteiger partial charge is 0.375 e. The van der Waals surface area contributed by atoms with Gasteiger partial charge < -0.3 is 11.1 Å². The average Bonchev–Trinajstić information content (AvgIpc) is 2.59. The lowest BCUT2D eigenvalue weighted by Gasteiger charge is -2.05. The molecule has 0 unspecified atom stereocenters. The molecule has 6 heteroatoms. The molecule has 1 heterocycles. The number of thiazole rings is 1. The molecular formula is C11H12BrN3OS. The fourth-order valence-corrected chi connectivity index (χ4v) is 3.01. The van der Waals surface area contributed by atoms with Crippen molar-refractivity contribution in [3.05, 3.63) is 16.6 Å². The van der Waals surface area contributed by atoms with Crippen LogP contribution in [0.15, 0.2) is 16.6 Å². The zero-order valence-electron chi connectivity index (χ0n) is 9.29. The van der Waals surface area contributed by atoms with Gasteiger partial charge in [0.1, 0.15) is 0 Å². The summed E-state index contributed by atoms with van der Waals surface area (Å²) < 4.78 is 1.80. The summed E-state index contributed by atoms with van der Waals surface area (Å²) >= 11 is 4.83. The standard InChI is InChI=1S/C11H12BrN3OS/c1-2-3-9(16)14-6-4-7(12)10-8(5-6)17-11(13)15-10/h4-5H,2-3H2,1H3,(H2,13,15)(H,14,16).